The Bertz CT molecular complexity index is 1450. The fraction of sp³-hybridized carbons (Fsp3) is 0.194. The summed E-state index contributed by atoms with van der Waals surface area (Å²) in [5.41, 5.74) is 3.48. The van der Waals surface area contributed by atoms with Gasteiger partial charge in [0.2, 0.25) is 0 Å². The predicted molar refractivity (Wildman–Crippen MR) is 150 cm³/mol. The molecule has 0 bridgehead atoms. The minimum absolute atomic E-state index is 0.180. The maximum atomic E-state index is 12.7. The average molecular weight is 527 g/mol. The molecule has 0 aliphatic rings. The van der Waals surface area contributed by atoms with Crippen molar-refractivity contribution in [2.45, 2.75) is 20.3 Å². The first-order chi connectivity index (χ1) is 19.1. The van der Waals surface area contributed by atoms with Gasteiger partial charge < -0.3 is 18.9 Å². The van der Waals surface area contributed by atoms with Gasteiger partial charge in [-0.05, 0) is 84.3 Å². The molecule has 0 fully saturated rings. The standard InChI is InChI=1S/C31H30N2O6/c1-3-17-37-26-13-11-24(12-14-26)31(35)39-28-16-9-22(18-29(28)36-4-2)20-32-33-30(34)21-38-27-15-10-23-7-5-6-8-25(23)19-27/h5-16,18-20H,3-4,17,21H2,1-2H3,(H,33,34). The van der Waals surface area contributed by atoms with Crippen LogP contribution in [0.25, 0.3) is 10.8 Å². The Hall–Kier alpha value is -4.85. The third kappa shape index (κ3) is 7.82. The number of fused-ring (bicyclic) bond motifs is 1. The number of carbonyl (C=O) groups is 2. The summed E-state index contributed by atoms with van der Waals surface area (Å²) in [6.07, 6.45) is 2.37. The third-order valence-electron chi connectivity index (χ3n) is 5.53. The molecular weight excluding hydrogens is 496 g/mol. The largest absolute Gasteiger partial charge is 0.494 e. The van der Waals surface area contributed by atoms with Crippen LogP contribution in [0, 0.1) is 0 Å². The number of hydrogen-bond acceptors (Lipinski definition) is 7. The molecule has 1 amide bonds. The maximum Gasteiger partial charge on any atom is 0.343 e. The van der Waals surface area contributed by atoms with E-state index in [-0.39, 0.29) is 12.4 Å². The highest BCUT2D eigenvalue weighted by Crippen LogP contribution is 2.29. The lowest BCUT2D eigenvalue weighted by Gasteiger charge is -2.12. The van der Waals surface area contributed by atoms with E-state index in [9.17, 15) is 9.59 Å². The molecule has 39 heavy (non-hydrogen) atoms. The topological polar surface area (TPSA) is 95.5 Å². The zero-order valence-electron chi connectivity index (χ0n) is 21.9. The van der Waals surface area contributed by atoms with Crippen molar-refractivity contribution in [3.05, 3.63) is 96.1 Å². The van der Waals surface area contributed by atoms with Gasteiger partial charge in [-0.25, -0.2) is 10.2 Å². The molecule has 4 aromatic rings. The van der Waals surface area contributed by atoms with Crippen molar-refractivity contribution in [1.82, 2.24) is 5.43 Å². The molecule has 0 unspecified atom stereocenters. The second-order valence-electron chi connectivity index (χ2n) is 8.49. The van der Waals surface area contributed by atoms with E-state index < -0.39 is 11.9 Å². The van der Waals surface area contributed by atoms with Crippen molar-refractivity contribution in [1.29, 1.82) is 0 Å². The van der Waals surface area contributed by atoms with E-state index in [2.05, 4.69) is 10.5 Å². The maximum absolute atomic E-state index is 12.7. The zero-order valence-corrected chi connectivity index (χ0v) is 21.9. The molecular formula is C31H30N2O6. The van der Waals surface area contributed by atoms with E-state index >= 15 is 0 Å². The highest BCUT2D eigenvalue weighted by atomic mass is 16.6. The molecule has 200 valence electrons. The highest BCUT2D eigenvalue weighted by Gasteiger charge is 2.14. The average Bonchev–Trinajstić information content (AvgIpc) is 2.96. The molecule has 8 nitrogen and oxygen atoms in total. The molecule has 4 aromatic carbocycles. The van der Waals surface area contributed by atoms with Crippen molar-refractivity contribution in [2.75, 3.05) is 19.8 Å². The van der Waals surface area contributed by atoms with Gasteiger partial charge in [0.15, 0.2) is 18.1 Å². The van der Waals surface area contributed by atoms with Crippen LogP contribution >= 0.6 is 0 Å². The quantitative estimate of drug-likeness (QED) is 0.109. The minimum Gasteiger partial charge on any atom is -0.494 e. The van der Waals surface area contributed by atoms with Crippen LogP contribution in [0.15, 0.2) is 90.0 Å². The van der Waals surface area contributed by atoms with Crippen LogP contribution in [0.5, 0.6) is 23.0 Å². The lowest BCUT2D eigenvalue weighted by molar-refractivity contribution is -0.123. The molecule has 0 saturated carbocycles. The number of nitrogens with zero attached hydrogens (tertiary/aromatic N) is 1. The number of ether oxygens (including phenoxy) is 4. The first kappa shape index (κ1) is 27.2. The Morgan fingerprint density at radius 2 is 1.56 bits per heavy atom. The van der Waals surface area contributed by atoms with Crippen LogP contribution < -0.4 is 24.4 Å². The highest BCUT2D eigenvalue weighted by molar-refractivity contribution is 5.92. The minimum atomic E-state index is -0.516. The van der Waals surface area contributed by atoms with Gasteiger partial charge >= 0.3 is 5.97 Å². The Morgan fingerprint density at radius 1 is 0.795 bits per heavy atom. The molecule has 0 heterocycles. The number of carbonyl (C=O) groups excluding carboxylic acids is 2. The van der Waals surface area contributed by atoms with Gasteiger partial charge in [-0.3, -0.25) is 4.79 Å². The normalized spacial score (nSPS) is 10.8. The number of rotatable bonds is 12. The molecule has 0 atom stereocenters. The van der Waals surface area contributed by atoms with Crippen LogP contribution in [0.4, 0.5) is 0 Å². The van der Waals surface area contributed by atoms with Gasteiger partial charge in [0.05, 0.1) is 25.0 Å². The van der Waals surface area contributed by atoms with Crippen LogP contribution in [0.2, 0.25) is 0 Å². The molecule has 1 N–H and O–H groups in total. The lowest BCUT2D eigenvalue weighted by atomic mass is 10.1. The summed E-state index contributed by atoms with van der Waals surface area (Å²) in [4.78, 5) is 24.8. The lowest BCUT2D eigenvalue weighted by Crippen LogP contribution is -2.24. The van der Waals surface area contributed by atoms with E-state index in [1.165, 1.54) is 6.21 Å². The van der Waals surface area contributed by atoms with Crippen molar-refractivity contribution in [2.24, 2.45) is 5.10 Å². The van der Waals surface area contributed by atoms with E-state index in [0.717, 1.165) is 17.2 Å². The number of hydrogen-bond donors (Lipinski definition) is 1. The van der Waals surface area contributed by atoms with E-state index in [4.69, 9.17) is 18.9 Å². The zero-order chi connectivity index (χ0) is 27.5. The Balaban J connectivity index is 1.32. The van der Waals surface area contributed by atoms with Gasteiger partial charge in [0.25, 0.3) is 5.91 Å². The second-order valence-corrected chi connectivity index (χ2v) is 8.49. The van der Waals surface area contributed by atoms with Crippen molar-refractivity contribution < 1.29 is 28.5 Å². The monoisotopic (exact) mass is 526 g/mol. The second kappa shape index (κ2) is 13.6. The number of hydrazone groups is 1. The van der Waals surface area contributed by atoms with E-state index in [0.29, 0.717) is 41.6 Å². The van der Waals surface area contributed by atoms with Crippen LogP contribution in [-0.2, 0) is 4.79 Å². The fourth-order valence-corrected chi connectivity index (χ4v) is 3.64. The van der Waals surface area contributed by atoms with Gasteiger partial charge in [0, 0.05) is 0 Å². The Morgan fingerprint density at radius 3 is 2.33 bits per heavy atom. The summed E-state index contributed by atoms with van der Waals surface area (Å²) >= 11 is 0. The molecule has 0 radical (unpaired) electrons. The van der Waals surface area contributed by atoms with Crippen molar-refractivity contribution in [3.63, 3.8) is 0 Å². The predicted octanol–water partition coefficient (Wildman–Crippen LogP) is 5.78. The molecule has 0 aliphatic carbocycles. The van der Waals surface area contributed by atoms with Crippen molar-refractivity contribution >= 4 is 28.9 Å². The molecule has 0 aliphatic heterocycles. The fourth-order valence-electron chi connectivity index (χ4n) is 3.64. The number of nitrogens with one attached hydrogen (secondary N) is 1. The van der Waals surface area contributed by atoms with E-state index in [1.807, 2.05) is 56.3 Å². The van der Waals surface area contributed by atoms with Crippen LogP contribution in [-0.4, -0.2) is 37.9 Å². The molecule has 0 saturated heterocycles. The van der Waals surface area contributed by atoms with Gasteiger partial charge in [-0.2, -0.15) is 5.10 Å². The molecule has 8 heteroatoms. The summed E-state index contributed by atoms with van der Waals surface area (Å²) in [6, 6.07) is 25.3. The summed E-state index contributed by atoms with van der Waals surface area (Å²) < 4.78 is 22.4. The smallest absolute Gasteiger partial charge is 0.343 e. The van der Waals surface area contributed by atoms with E-state index in [1.54, 1.807) is 42.5 Å². The summed E-state index contributed by atoms with van der Waals surface area (Å²) in [7, 11) is 0. The first-order valence-corrected chi connectivity index (χ1v) is 12.7. The first-order valence-electron chi connectivity index (χ1n) is 12.7. The molecule has 0 aromatic heterocycles. The Kier molecular flexibility index (Phi) is 9.50. The van der Waals surface area contributed by atoms with Crippen LogP contribution in [0.1, 0.15) is 36.2 Å². The third-order valence-corrected chi connectivity index (χ3v) is 5.53. The number of esters is 1. The van der Waals surface area contributed by atoms with Gasteiger partial charge in [0.1, 0.15) is 11.5 Å². The Labute approximate surface area is 227 Å². The number of benzene rings is 4. The molecule has 0 spiro atoms. The van der Waals surface area contributed by atoms with Crippen molar-refractivity contribution in [3.8, 4) is 23.0 Å². The SMILES string of the molecule is CCCOc1ccc(C(=O)Oc2ccc(C=NNC(=O)COc3ccc4ccccc4c3)cc2OCC)cc1. The van der Waals surface area contributed by atoms with Crippen LogP contribution in [0.3, 0.4) is 0 Å². The van der Waals surface area contributed by atoms with Gasteiger partial charge in [-0.15, -0.1) is 0 Å². The summed E-state index contributed by atoms with van der Waals surface area (Å²) in [5, 5.41) is 6.12. The molecule has 4 rings (SSSR count). The van der Waals surface area contributed by atoms with Gasteiger partial charge in [-0.1, -0.05) is 37.3 Å². The summed E-state index contributed by atoms with van der Waals surface area (Å²) in [5.74, 6) is 1.03. The number of amides is 1. The summed E-state index contributed by atoms with van der Waals surface area (Å²) in [6.45, 7) is 4.66.